The summed E-state index contributed by atoms with van der Waals surface area (Å²) in [6.45, 7) is 1.78. The lowest BCUT2D eigenvalue weighted by atomic mass is 10.1. The van der Waals surface area contributed by atoms with Gasteiger partial charge in [0.2, 0.25) is 7.57 Å². The lowest BCUT2D eigenvalue weighted by molar-refractivity contribution is -0.0230. The standard InChI is InChI=1S/C11H16BN5O8P2/c1-6-4-17(11(19)14-10(6)18)9-3-7(15-16-13)8(24-9)5-23-27(12,22)25-26(2,20)21/h4,7-9H,3,5H2,1-2H3,(H,20,21)(H,14,18,19)/t7-,8-,9-,27?/m1/s1. The Hall–Kier alpha value is -1.65. The first-order valence-electron chi connectivity index (χ1n) is 7.48. The van der Waals surface area contributed by atoms with Crippen molar-refractivity contribution in [1.82, 2.24) is 9.55 Å². The Morgan fingerprint density at radius 2 is 2.22 bits per heavy atom. The number of hydrogen-bond donors (Lipinski definition) is 2. The Morgan fingerprint density at radius 3 is 2.81 bits per heavy atom. The summed E-state index contributed by atoms with van der Waals surface area (Å²) >= 11 is 0. The van der Waals surface area contributed by atoms with E-state index in [1.54, 1.807) is 0 Å². The van der Waals surface area contributed by atoms with Crippen LogP contribution in [0.4, 0.5) is 0 Å². The number of nitrogens with one attached hydrogen (secondary N) is 1. The molecule has 1 aliphatic heterocycles. The third-order valence-electron chi connectivity index (χ3n) is 3.54. The molecular formula is C11H16BN5O8P2. The van der Waals surface area contributed by atoms with E-state index in [1.165, 1.54) is 13.1 Å². The van der Waals surface area contributed by atoms with E-state index in [9.17, 15) is 18.7 Å². The van der Waals surface area contributed by atoms with E-state index in [0.717, 1.165) is 11.2 Å². The summed E-state index contributed by atoms with van der Waals surface area (Å²) in [5.74, 6) is 0. The first kappa shape index (κ1) is 21.7. The number of aryl methyl sites for hydroxylation is 1. The molecule has 2 unspecified atom stereocenters. The van der Waals surface area contributed by atoms with Gasteiger partial charge in [0.1, 0.15) is 6.23 Å². The Labute approximate surface area is 153 Å². The van der Waals surface area contributed by atoms with Gasteiger partial charge >= 0.3 is 13.3 Å². The number of nitrogens with zero attached hydrogens (tertiary/aromatic N) is 4. The third kappa shape index (κ3) is 5.92. The molecule has 0 aliphatic carbocycles. The second kappa shape index (κ2) is 8.16. The minimum absolute atomic E-state index is 0.0610. The number of aromatic amines is 1. The van der Waals surface area contributed by atoms with Gasteiger partial charge in [0.15, 0.2) is 0 Å². The third-order valence-corrected chi connectivity index (χ3v) is 6.18. The normalized spacial score (nSPS) is 26.7. The fraction of sp³-hybridized carbons (Fsp3) is 0.636. The zero-order valence-electron chi connectivity index (χ0n) is 14.3. The Balaban J connectivity index is 2.18. The molecule has 2 rings (SSSR count). The van der Waals surface area contributed by atoms with Gasteiger partial charge in [-0.25, -0.2) is 9.11 Å². The molecule has 1 aliphatic rings. The highest BCUT2D eigenvalue weighted by atomic mass is 31.3. The summed E-state index contributed by atoms with van der Waals surface area (Å²) in [7, 11) is -3.31. The zero-order chi connectivity index (χ0) is 20.4. The number of H-pyrrole nitrogens is 1. The van der Waals surface area contributed by atoms with Crippen molar-refractivity contribution in [1.29, 1.82) is 0 Å². The van der Waals surface area contributed by atoms with Crippen molar-refractivity contribution in [2.45, 2.75) is 31.7 Å². The van der Waals surface area contributed by atoms with Crippen LogP contribution < -0.4 is 11.2 Å². The SMILES string of the molecule is [B]P(=O)(OC[C@H]1O[C@@H](n2cc(C)c(=O)[nH]c2=O)C[C@H]1N=[N+]=[N-])OP(C)(=O)O. The van der Waals surface area contributed by atoms with Crippen LogP contribution in [0.2, 0.25) is 0 Å². The second-order valence-corrected chi connectivity index (χ2v) is 9.43. The van der Waals surface area contributed by atoms with Gasteiger partial charge in [-0.15, -0.1) is 0 Å². The van der Waals surface area contributed by atoms with E-state index in [1.807, 2.05) is 0 Å². The summed E-state index contributed by atoms with van der Waals surface area (Å²) in [6, 6.07) is -0.818. The molecule has 0 spiro atoms. The molecule has 5 atom stereocenters. The smallest absolute Gasteiger partial charge is 0.331 e. The topological polar surface area (TPSA) is 186 Å². The fourth-order valence-corrected chi connectivity index (χ4v) is 4.67. The first-order chi connectivity index (χ1) is 12.4. The Kier molecular flexibility index (Phi) is 6.54. The van der Waals surface area contributed by atoms with Crippen LogP contribution in [-0.2, 0) is 22.7 Å². The molecule has 1 fully saturated rings. The average Bonchev–Trinajstić information content (AvgIpc) is 2.90. The van der Waals surface area contributed by atoms with Crippen LogP contribution >= 0.6 is 15.1 Å². The number of azide groups is 1. The van der Waals surface area contributed by atoms with Crippen molar-refractivity contribution in [3.63, 3.8) is 0 Å². The predicted octanol–water partition coefficient (Wildman–Crippen LogP) is 0.936. The molecule has 2 radical (unpaired) electrons. The summed E-state index contributed by atoms with van der Waals surface area (Å²) in [5, 5.41) is 3.54. The van der Waals surface area contributed by atoms with Crippen molar-refractivity contribution >= 4 is 22.6 Å². The van der Waals surface area contributed by atoms with E-state index in [4.69, 9.17) is 27.3 Å². The Bertz CT molecular complexity index is 966. The van der Waals surface area contributed by atoms with Crippen molar-refractivity contribution in [2.24, 2.45) is 5.11 Å². The maximum atomic E-state index is 12.0. The summed E-state index contributed by atoms with van der Waals surface area (Å²) in [6.07, 6.45) is -0.519. The van der Waals surface area contributed by atoms with E-state index >= 15 is 0 Å². The maximum Gasteiger partial charge on any atom is 0.331 e. The molecule has 146 valence electrons. The summed E-state index contributed by atoms with van der Waals surface area (Å²) < 4.78 is 38.9. The maximum absolute atomic E-state index is 12.0. The van der Waals surface area contributed by atoms with Gasteiger partial charge in [-0.05, 0) is 12.5 Å². The van der Waals surface area contributed by atoms with Gasteiger partial charge < -0.3 is 14.2 Å². The number of ether oxygens (including phenoxy) is 1. The average molecular weight is 419 g/mol. The lowest BCUT2D eigenvalue weighted by Gasteiger charge is -2.21. The minimum atomic E-state index is -4.37. The van der Waals surface area contributed by atoms with Crippen LogP contribution in [0.25, 0.3) is 10.4 Å². The van der Waals surface area contributed by atoms with Gasteiger partial charge in [0, 0.05) is 29.8 Å². The molecule has 13 nitrogen and oxygen atoms in total. The van der Waals surface area contributed by atoms with E-state index < -0.39 is 51.3 Å². The quantitative estimate of drug-likeness (QED) is 0.215. The van der Waals surface area contributed by atoms with E-state index in [2.05, 4.69) is 19.3 Å². The first-order valence-corrected chi connectivity index (χ1v) is 11.1. The molecule has 0 saturated carbocycles. The minimum Gasteiger partial charge on any atom is -0.352 e. The van der Waals surface area contributed by atoms with Crippen LogP contribution in [0.1, 0.15) is 18.2 Å². The van der Waals surface area contributed by atoms with Crippen LogP contribution in [0.5, 0.6) is 0 Å². The molecule has 0 amide bonds. The number of aromatic nitrogens is 2. The summed E-state index contributed by atoms with van der Waals surface area (Å²) in [5.41, 5.74) is 7.68. The highest BCUT2D eigenvalue weighted by Gasteiger charge is 2.38. The number of rotatable bonds is 7. The van der Waals surface area contributed by atoms with Gasteiger partial charge in [-0.1, -0.05) is 5.11 Å². The van der Waals surface area contributed by atoms with E-state index in [0.29, 0.717) is 0 Å². The van der Waals surface area contributed by atoms with Crippen LogP contribution in [-0.4, -0.2) is 47.4 Å². The number of hydrogen-bond acceptors (Lipinski definition) is 8. The molecule has 27 heavy (non-hydrogen) atoms. The highest BCUT2D eigenvalue weighted by Crippen LogP contribution is 2.57. The van der Waals surface area contributed by atoms with Gasteiger partial charge in [-0.2, -0.15) is 0 Å². The van der Waals surface area contributed by atoms with Crippen molar-refractivity contribution in [2.75, 3.05) is 13.3 Å². The summed E-state index contributed by atoms with van der Waals surface area (Å²) in [4.78, 5) is 37.3. The molecule has 1 aromatic rings. The van der Waals surface area contributed by atoms with Crippen LogP contribution in [0, 0.1) is 6.92 Å². The molecule has 1 aromatic heterocycles. The zero-order valence-corrected chi connectivity index (χ0v) is 16.1. The molecule has 1 saturated heterocycles. The highest BCUT2D eigenvalue weighted by molar-refractivity contribution is 7.84. The fourth-order valence-electron chi connectivity index (χ4n) is 2.44. The van der Waals surface area contributed by atoms with Gasteiger partial charge in [0.05, 0.1) is 18.8 Å². The molecule has 16 heteroatoms. The predicted molar refractivity (Wildman–Crippen MR) is 93.7 cm³/mol. The van der Waals surface area contributed by atoms with Crippen molar-refractivity contribution in [3.05, 3.63) is 43.0 Å². The van der Waals surface area contributed by atoms with Gasteiger partial charge in [0.25, 0.3) is 13.0 Å². The molecule has 0 aromatic carbocycles. The molecule has 2 heterocycles. The molecular weight excluding hydrogens is 403 g/mol. The van der Waals surface area contributed by atoms with Crippen molar-refractivity contribution in [3.8, 4) is 0 Å². The largest absolute Gasteiger partial charge is 0.352 e. The molecule has 2 N–H and O–H groups in total. The monoisotopic (exact) mass is 419 g/mol. The van der Waals surface area contributed by atoms with Crippen LogP contribution in [0.15, 0.2) is 20.9 Å². The van der Waals surface area contributed by atoms with E-state index in [-0.39, 0.29) is 12.0 Å². The second-order valence-electron chi connectivity index (χ2n) is 5.84. The van der Waals surface area contributed by atoms with Crippen molar-refractivity contribution < 1.29 is 27.6 Å². The Morgan fingerprint density at radius 1 is 1.56 bits per heavy atom. The van der Waals surface area contributed by atoms with Gasteiger partial charge in [-0.3, -0.25) is 23.5 Å². The lowest BCUT2D eigenvalue weighted by Crippen LogP contribution is -2.33. The van der Waals surface area contributed by atoms with Crippen LogP contribution in [0.3, 0.4) is 0 Å². The molecule has 0 bridgehead atoms.